The summed E-state index contributed by atoms with van der Waals surface area (Å²) in [6, 6.07) is 9.50. The molecule has 1 heterocycles. The lowest BCUT2D eigenvalue weighted by Gasteiger charge is -2.04. The molecule has 0 bridgehead atoms. The third-order valence-electron chi connectivity index (χ3n) is 4.73. The number of anilines is 1. The van der Waals surface area contributed by atoms with Gasteiger partial charge >= 0.3 is 5.97 Å². The highest BCUT2D eigenvalue weighted by molar-refractivity contribution is 7.16. The van der Waals surface area contributed by atoms with Gasteiger partial charge in [0.2, 0.25) is 0 Å². The third kappa shape index (κ3) is 5.71. The second-order valence-electron chi connectivity index (χ2n) is 6.87. The Balaban J connectivity index is 1.52. The minimum absolute atomic E-state index is 0.403. The number of fused-ring (bicyclic) bond motifs is 1. The molecule has 0 atom stereocenters. The summed E-state index contributed by atoms with van der Waals surface area (Å²) in [7, 11) is 0. The van der Waals surface area contributed by atoms with E-state index in [1.165, 1.54) is 22.3 Å². The van der Waals surface area contributed by atoms with Crippen LogP contribution in [0.15, 0.2) is 30.3 Å². The molecule has 0 radical (unpaired) electrons. The minimum atomic E-state index is -0.610. The molecule has 0 saturated carbocycles. The maximum absolute atomic E-state index is 12.2. The highest BCUT2D eigenvalue weighted by Gasteiger charge is 2.21. The highest BCUT2D eigenvalue weighted by atomic mass is 32.1. The maximum atomic E-state index is 12.2. The number of rotatable bonds is 7. The van der Waals surface area contributed by atoms with Crippen molar-refractivity contribution in [3.63, 3.8) is 0 Å². The molecule has 156 valence electrons. The number of nitriles is 1. The molecule has 0 aliphatic heterocycles. The van der Waals surface area contributed by atoms with E-state index in [0.717, 1.165) is 49.0 Å². The first kappa shape index (κ1) is 21.6. The van der Waals surface area contributed by atoms with Gasteiger partial charge in [-0.05, 0) is 61.9 Å². The molecule has 1 aliphatic rings. The number of hydrogen-bond donors (Lipinski definition) is 1. The molecule has 1 aromatic heterocycles. The Hall–Kier alpha value is -3.11. The second-order valence-corrected chi connectivity index (χ2v) is 7.98. The zero-order valence-corrected chi connectivity index (χ0v) is 17.7. The Bertz CT molecular complexity index is 970. The van der Waals surface area contributed by atoms with Crippen LogP contribution in [0, 0.1) is 11.3 Å². The quantitative estimate of drug-likeness (QED) is 0.402. The Morgan fingerprint density at radius 2 is 1.97 bits per heavy atom. The maximum Gasteiger partial charge on any atom is 0.331 e. The molecule has 0 saturated heterocycles. The summed E-state index contributed by atoms with van der Waals surface area (Å²) in [5, 5.41) is 12.8. The van der Waals surface area contributed by atoms with Crippen molar-refractivity contribution in [3.8, 4) is 11.8 Å². The number of amides is 1. The predicted molar refractivity (Wildman–Crippen MR) is 117 cm³/mol. The molecule has 2 aromatic rings. The van der Waals surface area contributed by atoms with Crippen molar-refractivity contribution in [2.24, 2.45) is 0 Å². The summed E-state index contributed by atoms with van der Waals surface area (Å²) >= 11 is 1.46. The number of aryl methyl sites for hydroxylation is 1. The van der Waals surface area contributed by atoms with Crippen LogP contribution in [0.1, 0.15) is 47.8 Å². The van der Waals surface area contributed by atoms with Gasteiger partial charge in [-0.2, -0.15) is 5.26 Å². The van der Waals surface area contributed by atoms with E-state index < -0.39 is 18.5 Å². The van der Waals surface area contributed by atoms with Crippen LogP contribution in [-0.2, 0) is 27.2 Å². The van der Waals surface area contributed by atoms with E-state index in [0.29, 0.717) is 17.2 Å². The van der Waals surface area contributed by atoms with Gasteiger partial charge in [0.05, 0.1) is 12.2 Å². The lowest BCUT2D eigenvalue weighted by Crippen LogP contribution is -2.20. The first-order chi connectivity index (χ1) is 14.6. The molecule has 1 aromatic carbocycles. The van der Waals surface area contributed by atoms with Crippen LogP contribution in [0.4, 0.5) is 5.00 Å². The summed E-state index contributed by atoms with van der Waals surface area (Å²) < 4.78 is 10.4. The van der Waals surface area contributed by atoms with Crippen LogP contribution in [0.2, 0.25) is 0 Å². The SMILES string of the molecule is CCOc1ccc(/C=C/C(=O)OCC(=O)Nc2sc3c(c2C#N)CCCCC3)cc1. The van der Waals surface area contributed by atoms with E-state index in [1.54, 1.807) is 6.08 Å². The van der Waals surface area contributed by atoms with E-state index in [9.17, 15) is 14.9 Å². The fourth-order valence-corrected chi connectivity index (χ4v) is 4.56. The molecule has 3 rings (SSSR count). The van der Waals surface area contributed by atoms with Crippen LogP contribution in [0.5, 0.6) is 5.75 Å². The smallest absolute Gasteiger partial charge is 0.331 e. The van der Waals surface area contributed by atoms with E-state index in [4.69, 9.17) is 9.47 Å². The lowest BCUT2D eigenvalue weighted by molar-refractivity contribution is -0.142. The second kappa shape index (κ2) is 10.6. The first-order valence-corrected chi connectivity index (χ1v) is 10.8. The molecule has 1 aliphatic carbocycles. The number of carbonyl (C=O) groups is 2. The lowest BCUT2D eigenvalue weighted by atomic mass is 10.1. The normalized spacial score (nSPS) is 13.2. The summed E-state index contributed by atoms with van der Waals surface area (Å²) in [6.45, 7) is 2.10. The fraction of sp³-hybridized carbons (Fsp3) is 0.348. The average Bonchev–Trinajstić information content (AvgIpc) is 2.90. The number of hydrogen-bond acceptors (Lipinski definition) is 6. The molecule has 0 unspecified atom stereocenters. The van der Waals surface area contributed by atoms with Gasteiger partial charge in [0.1, 0.15) is 16.8 Å². The van der Waals surface area contributed by atoms with Crippen molar-refractivity contribution < 1.29 is 19.1 Å². The monoisotopic (exact) mass is 424 g/mol. The van der Waals surface area contributed by atoms with E-state index in [-0.39, 0.29) is 0 Å². The van der Waals surface area contributed by atoms with Gasteiger partial charge in [-0.1, -0.05) is 18.6 Å². The summed E-state index contributed by atoms with van der Waals surface area (Å²) in [4.78, 5) is 25.3. The summed E-state index contributed by atoms with van der Waals surface area (Å²) in [6.07, 6.45) is 8.02. The molecule has 7 heteroatoms. The Morgan fingerprint density at radius 1 is 1.20 bits per heavy atom. The number of carbonyl (C=O) groups excluding carboxylic acids is 2. The largest absolute Gasteiger partial charge is 0.494 e. The standard InChI is InChI=1S/C23H24N2O4S/c1-2-28-17-11-8-16(9-12-17)10-13-22(27)29-15-21(26)25-23-19(14-24)18-6-4-3-5-7-20(18)30-23/h8-13H,2-7,15H2,1H3,(H,25,26)/b13-10+. The zero-order chi connectivity index (χ0) is 21.3. The summed E-state index contributed by atoms with van der Waals surface area (Å²) in [5.74, 6) is -0.302. The van der Waals surface area contributed by atoms with Gasteiger partial charge < -0.3 is 14.8 Å². The number of thiophene rings is 1. The van der Waals surface area contributed by atoms with Gasteiger partial charge in [0.15, 0.2) is 6.61 Å². The van der Waals surface area contributed by atoms with Crippen molar-refractivity contribution in [2.45, 2.75) is 39.0 Å². The van der Waals surface area contributed by atoms with Crippen molar-refractivity contribution in [2.75, 3.05) is 18.5 Å². The van der Waals surface area contributed by atoms with E-state index >= 15 is 0 Å². The predicted octanol–water partition coefficient (Wildman–Crippen LogP) is 4.48. The van der Waals surface area contributed by atoms with Gasteiger partial charge in [-0.3, -0.25) is 4.79 Å². The van der Waals surface area contributed by atoms with Crippen molar-refractivity contribution in [1.29, 1.82) is 5.26 Å². The minimum Gasteiger partial charge on any atom is -0.494 e. The van der Waals surface area contributed by atoms with Crippen molar-refractivity contribution in [3.05, 3.63) is 51.9 Å². The van der Waals surface area contributed by atoms with Gasteiger partial charge in [0, 0.05) is 11.0 Å². The molecule has 1 N–H and O–H groups in total. The molecule has 30 heavy (non-hydrogen) atoms. The van der Waals surface area contributed by atoms with Crippen LogP contribution >= 0.6 is 11.3 Å². The van der Waals surface area contributed by atoms with Crippen LogP contribution in [-0.4, -0.2) is 25.1 Å². The topological polar surface area (TPSA) is 88.4 Å². The molecular formula is C23H24N2O4S. The van der Waals surface area contributed by atoms with Crippen LogP contribution in [0.25, 0.3) is 6.08 Å². The number of ether oxygens (including phenoxy) is 2. The van der Waals surface area contributed by atoms with Crippen molar-refractivity contribution >= 4 is 34.3 Å². The number of nitrogens with zero attached hydrogens (tertiary/aromatic N) is 1. The molecular weight excluding hydrogens is 400 g/mol. The van der Waals surface area contributed by atoms with Gasteiger partial charge in [-0.25, -0.2) is 4.79 Å². The van der Waals surface area contributed by atoms with Crippen LogP contribution in [0.3, 0.4) is 0 Å². The number of esters is 1. The molecule has 1 amide bonds. The Kier molecular flexibility index (Phi) is 7.63. The summed E-state index contributed by atoms with van der Waals surface area (Å²) in [5.41, 5.74) is 2.43. The Morgan fingerprint density at radius 3 is 2.70 bits per heavy atom. The number of benzene rings is 1. The fourth-order valence-electron chi connectivity index (χ4n) is 3.30. The zero-order valence-electron chi connectivity index (χ0n) is 16.9. The van der Waals surface area contributed by atoms with Crippen LogP contribution < -0.4 is 10.1 Å². The van der Waals surface area contributed by atoms with Gasteiger partial charge in [-0.15, -0.1) is 11.3 Å². The third-order valence-corrected chi connectivity index (χ3v) is 5.94. The highest BCUT2D eigenvalue weighted by Crippen LogP contribution is 2.36. The molecule has 0 fully saturated rings. The molecule has 0 spiro atoms. The first-order valence-electron chi connectivity index (χ1n) is 10.0. The van der Waals surface area contributed by atoms with Gasteiger partial charge in [0.25, 0.3) is 5.91 Å². The molecule has 6 nitrogen and oxygen atoms in total. The average molecular weight is 425 g/mol. The Labute approximate surface area is 180 Å². The van der Waals surface area contributed by atoms with E-state index in [1.807, 2.05) is 31.2 Å². The van der Waals surface area contributed by atoms with E-state index in [2.05, 4.69) is 11.4 Å². The van der Waals surface area contributed by atoms with Crippen molar-refractivity contribution in [1.82, 2.24) is 0 Å². The number of nitrogens with one attached hydrogen (secondary N) is 1.